The third-order valence-electron chi connectivity index (χ3n) is 2.74. The first-order chi connectivity index (χ1) is 10.3. The third kappa shape index (κ3) is 3.24. The zero-order chi connectivity index (χ0) is 14.5. The van der Waals surface area contributed by atoms with Gasteiger partial charge in [-0.05, 0) is 39.9 Å². The second-order valence-electron chi connectivity index (χ2n) is 4.20. The standard InChI is InChI=1S/C14H10N6S/c15-8-12-6-7-13(16-9-12)21-14-17-18-19-20(14)10-11-4-2-1-3-5-11/h1-7,9H,10H2. The molecule has 0 atom stereocenters. The first-order valence-electron chi connectivity index (χ1n) is 6.19. The number of rotatable bonds is 4. The minimum atomic E-state index is 0.531. The van der Waals surface area contributed by atoms with E-state index in [4.69, 9.17) is 5.26 Å². The number of benzene rings is 1. The first-order valence-corrected chi connectivity index (χ1v) is 7.01. The summed E-state index contributed by atoms with van der Waals surface area (Å²) >= 11 is 1.37. The van der Waals surface area contributed by atoms with Crippen molar-refractivity contribution in [3.63, 3.8) is 0 Å². The van der Waals surface area contributed by atoms with Crippen LogP contribution in [0, 0.1) is 11.3 Å². The Bertz CT molecular complexity index is 760. The summed E-state index contributed by atoms with van der Waals surface area (Å²) in [5.41, 5.74) is 1.66. The summed E-state index contributed by atoms with van der Waals surface area (Å²) in [5, 5.41) is 21.9. The van der Waals surface area contributed by atoms with Crippen LogP contribution in [0.3, 0.4) is 0 Å². The highest BCUT2D eigenvalue weighted by Gasteiger charge is 2.09. The summed E-state index contributed by atoms with van der Waals surface area (Å²) in [7, 11) is 0. The number of pyridine rings is 1. The molecule has 0 saturated heterocycles. The van der Waals surface area contributed by atoms with Gasteiger partial charge >= 0.3 is 0 Å². The molecule has 0 amide bonds. The van der Waals surface area contributed by atoms with E-state index in [0.29, 0.717) is 17.3 Å². The molecule has 0 aliphatic carbocycles. The van der Waals surface area contributed by atoms with Crippen LogP contribution in [-0.4, -0.2) is 25.2 Å². The molecule has 2 aromatic heterocycles. The van der Waals surface area contributed by atoms with Gasteiger partial charge in [0.15, 0.2) is 0 Å². The van der Waals surface area contributed by atoms with E-state index in [0.717, 1.165) is 10.6 Å². The van der Waals surface area contributed by atoms with Crippen molar-refractivity contribution >= 4 is 11.8 Å². The molecule has 0 saturated carbocycles. The second kappa shape index (κ2) is 6.15. The molecule has 0 aliphatic heterocycles. The van der Waals surface area contributed by atoms with Crippen molar-refractivity contribution in [3.8, 4) is 6.07 Å². The highest BCUT2D eigenvalue weighted by Crippen LogP contribution is 2.23. The molecular weight excluding hydrogens is 284 g/mol. The van der Waals surface area contributed by atoms with Crippen LogP contribution >= 0.6 is 11.8 Å². The molecule has 0 radical (unpaired) electrons. The maximum atomic E-state index is 8.76. The molecule has 7 heteroatoms. The smallest absolute Gasteiger partial charge is 0.215 e. The van der Waals surface area contributed by atoms with E-state index < -0.39 is 0 Å². The van der Waals surface area contributed by atoms with E-state index in [1.807, 2.05) is 36.4 Å². The zero-order valence-corrected chi connectivity index (χ0v) is 11.7. The van der Waals surface area contributed by atoms with Crippen molar-refractivity contribution in [2.45, 2.75) is 16.7 Å². The Balaban J connectivity index is 1.77. The Hall–Kier alpha value is -2.72. The first kappa shape index (κ1) is 13.3. The quantitative estimate of drug-likeness (QED) is 0.733. The van der Waals surface area contributed by atoms with Crippen LogP contribution in [0.15, 0.2) is 58.8 Å². The molecule has 6 nitrogen and oxygen atoms in total. The van der Waals surface area contributed by atoms with Gasteiger partial charge in [-0.15, -0.1) is 5.10 Å². The molecule has 21 heavy (non-hydrogen) atoms. The van der Waals surface area contributed by atoms with Crippen LogP contribution in [0.2, 0.25) is 0 Å². The lowest BCUT2D eigenvalue weighted by Crippen LogP contribution is -2.03. The molecule has 1 aromatic carbocycles. The maximum Gasteiger partial charge on any atom is 0.215 e. The van der Waals surface area contributed by atoms with Crippen molar-refractivity contribution in [3.05, 3.63) is 59.8 Å². The Labute approximate surface area is 125 Å². The normalized spacial score (nSPS) is 10.2. The van der Waals surface area contributed by atoms with Crippen molar-refractivity contribution < 1.29 is 0 Å². The number of hydrogen-bond donors (Lipinski definition) is 0. The maximum absolute atomic E-state index is 8.76. The van der Waals surface area contributed by atoms with Gasteiger partial charge in [0.1, 0.15) is 11.1 Å². The van der Waals surface area contributed by atoms with Gasteiger partial charge in [0, 0.05) is 6.20 Å². The number of nitrogens with zero attached hydrogens (tertiary/aromatic N) is 6. The highest BCUT2D eigenvalue weighted by atomic mass is 32.2. The highest BCUT2D eigenvalue weighted by molar-refractivity contribution is 7.99. The van der Waals surface area contributed by atoms with E-state index in [1.165, 1.54) is 18.0 Å². The molecular formula is C14H10N6S. The summed E-state index contributed by atoms with van der Waals surface area (Å²) in [6.45, 7) is 0.604. The largest absolute Gasteiger partial charge is 0.248 e. The predicted octanol–water partition coefficient (Wildman–Crippen LogP) is 2.14. The molecule has 3 aromatic rings. The lowest BCUT2D eigenvalue weighted by Gasteiger charge is -2.04. The summed E-state index contributed by atoms with van der Waals surface area (Å²) < 4.78 is 1.72. The van der Waals surface area contributed by atoms with Gasteiger partial charge in [-0.3, -0.25) is 0 Å². The molecule has 2 heterocycles. The fourth-order valence-electron chi connectivity index (χ4n) is 1.73. The molecule has 3 rings (SSSR count). The van der Waals surface area contributed by atoms with Gasteiger partial charge in [0.05, 0.1) is 12.1 Å². The van der Waals surface area contributed by atoms with Crippen LogP contribution in [0.5, 0.6) is 0 Å². The summed E-state index contributed by atoms with van der Waals surface area (Å²) in [5.74, 6) is 0. The molecule has 0 aliphatic rings. The second-order valence-corrected chi connectivity index (χ2v) is 5.19. The van der Waals surface area contributed by atoms with E-state index in [-0.39, 0.29) is 0 Å². The number of nitriles is 1. The Morgan fingerprint density at radius 2 is 2.00 bits per heavy atom. The van der Waals surface area contributed by atoms with Gasteiger partial charge in [-0.1, -0.05) is 30.3 Å². The monoisotopic (exact) mass is 294 g/mol. The molecule has 102 valence electrons. The third-order valence-corrected chi connectivity index (χ3v) is 3.66. The van der Waals surface area contributed by atoms with Crippen molar-refractivity contribution in [2.24, 2.45) is 0 Å². The molecule has 0 fully saturated rings. The van der Waals surface area contributed by atoms with Gasteiger partial charge < -0.3 is 0 Å². The lowest BCUT2D eigenvalue weighted by atomic mass is 10.2. The van der Waals surface area contributed by atoms with Crippen LogP contribution in [-0.2, 0) is 6.54 Å². The van der Waals surface area contributed by atoms with E-state index in [2.05, 4.69) is 20.5 Å². The lowest BCUT2D eigenvalue weighted by molar-refractivity contribution is 0.602. The molecule has 0 bridgehead atoms. The molecule has 0 N–H and O–H groups in total. The topological polar surface area (TPSA) is 80.3 Å². The Morgan fingerprint density at radius 1 is 1.14 bits per heavy atom. The van der Waals surface area contributed by atoms with Crippen molar-refractivity contribution in [1.82, 2.24) is 25.2 Å². The minimum Gasteiger partial charge on any atom is -0.248 e. The van der Waals surface area contributed by atoms with Crippen LogP contribution in [0.4, 0.5) is 0 Å². The fourth-order valence-corrected chi connectivity index (χ4v) is 2.44. The summed E-state index contributed by atoms with van der Waals surface area (Å²) in [6.07, 6.45) is 1.54. The van der Waals surface area contributed by atoms with Crippen LogP contribution in [0.25, 0.3) is 0 Å². The summed E-state index contributed by atoms with van der Waals surface area (Å²) in [4.78, 5) is 4.20. The zero-order valence-electron chi connectivity index (χ0n) is 10.9. The number of hydrogen-bond acceptors (Lipinski definition) is 6. The number of tetrazole rings is 1. The SMILES string of the molecule is N#Cc1ccc(Sc2nnnn2Cc2ccccc2)nc1. The van der Waals surface area contributed by atoms with Crippen LogP contribution in [0.1, 0.15) is 11.1 Å². The van der Waals surface area contributed by atoms with E-state index in [1.54, 1.807) is 16.8 Å². The fraction of sp³-hybridized carbons (Fsp3) is 0.0714. The number of aromatic nitrogens is 5. The van der Waals surface area contributed by atoms with Gasteiger partial charge in [0.2, 0.25) is 5.16 Å². The van der Waals surface area contributed by atoms with E-state index >= 15 is 0 Å². The average molecular weight is 294 g/mol. The minimum absolute atomic E-state index is 0.531. The van der Waals surface area contributed by atoms with Crippen molar-refractivity contribution in [2.75, 3.05) is 0 Å². The summed E-state index contributed by atoms with van der Waals surface area (Å²) in [6, 6.07) is 15.5. The van der Waals surface area contributed by atoms with Crippen molar-refractivity contribution in [1.29, 1.82) is 5.26 Å². The predicted molar refractivity (Wildman–Crippen MR) is 76.4 cm³/mol. The Morgan fingerprint density at radius 3 is 2.71 bits per heavy atom. The Kier molecular flexibility index (Phi) is 3.89. The van der Waals surface area contributed by atoms with Gasteiger partial charge in [-0.2, -0.15) is 5.26 Å². The molecule has 0 unspecified atom stereocenters. The van der Waals surface area contributed by atoms with Crippen LogP contribution < -0.4 is 0 Å². The molecule has 0 spiro atoms. The van der Waals surface area contributed by atoms with Gasteiger partial charge in [-0.25, -0.2) is 9.67 Å². The average Bonchev–Trinajstić information content (AvgIpc) is 2.96. The van der Waals surface area contributed by atoms with E-state index in [9.17, 15) is 0 Å². The van der Waals surface area contributed by atoms with Gasteiger partial charge in [0.25, 0.3) is 0 Å².